The Balaban J connectivity index is 2.18. The van der Waals surface area contributed by atoms with Crippen molar-refractivity contribution < 1.29 is 8.42 Å². The number of hydrogen-bond acceptors (Lipinski definition) is 2. The van der Waals surface area contributed by atoms with Gasteiger partial charge in [-0.05, 0) is 29.5 Å². The fraction of sp³-hybridized carbons (Fsp3) is 0.294. The number of fused-ring (bicyclic) bond motifs is 1. The molecule has 110 valence electrons. The van der Waals surface area contributed by atoms with Crippen molar-refractivity contribution in [2.24, 2.45) is 0 Å². The molecule has 0 spiro atoms. The first-order valence-corrected chi connectivity index (χ1v) is 8.96. The Labute approximate surface area is 126 Å². The molecule has 0 fully saturated rings. The molecule has 3 rings (SSSR count). The highest BCUT2D eigenvalue weighted by molar-refractivity contribution is 7.92. The zero-order valence-corrected chi connectivity index (χ0v) is 13.0. The van der Waals surface area contributed by atoms with E-state index >= 15 is 0 Å². The van der Waals surface area contributed by atoms with Crippen LogP contribution in [0.3, 0.4) is 0 Å². The number of rotatable bonds is 2. The zero-order chi connectivity index (χ0) is 15.0. The maximum atomic E-state index is 12.4. The second-order valence-corrected chi connectivity index (χ2v) is 7.54. The third kappa shape index (κ3) is 2.56. The van der Waals surface area contributed by atoms with Crippen molar-refractivity contribution >= 4 is 15.7 Å². The Kier molecular flexibility index (Phi) is 3.49. The summed E-state index contributed by atoms with van der Waals surface area (Å²) in [6.07, 6.45) is 2.09. The van der Waals surface area contributed by atoms with E-state index in [1.54, 1.807) is 4.31 Å². The summed E-state index contributed by atoms with van der Waals surface area (Å²) in [7, 11) is -3.33. The highest BCUT2D eigenvalue weighted by atomic mass is 32.2. The molecular formula is C17H19NO2S. The van der Waals surface area contributed by atoms with Gasteiger partial charge in [-0.25, -0.2) is 8.42 Å². The summed E-state index contributed by atoms with van der Waals surface area (Å²) in [6.45, 7) is 2.16. The summed E-state index contributed by atoms with van der Waals surface area (Å²) < 4.78 is 26.3. The smallest absolute Gasteiger partial charge is 0.232 e. The Bertz CT molecular complexity index is 740. The van der Waals surface area contributed by atoms with Crippen LogP contribution in [0.2, 0.25) is 0 Å². The van der Waals surface area contributed by atoms with E-state index in [0.29, 0.717) is 5.92 Å². The summed E-state index contributed by atoms with van der Waals surface area (Å²) in [5.74, 6) is 0.337. The Morgan fingerprint density at radius 1 is 1.00 bits per heavy atom. The van der Waals surface area contributed by atoms with Crippen LogP contribution in [0.5, 0.6) is 0 Å². The first-order valence-electron chi connectivity index (χ1n) is 7.12. The Morgan fingerprint density at radius 3 is 2.29 bits per heavy atom. The molecule has 1 heterocycles. The molecule has 1 aliphatic rings. The predicted molar refractivity (Wildman–Crippen MR) is 86.0 cm³/mol. The predicted octanol–water partition coefficient (Wildman–Crippen LogP) is 3.70. The van der Waals surface area contributed by atoms with Gasteiger partial charge in [-0.3, -0.25) is 4.31 Å². The van der Waals surface area contributed by atoms with Crippen molar-refractivity contribution in [3.8, 4) is 0 Å². The van der Waals surface area contributed by atoms with Crippen molar-refractivity contribution in [3.63, 3.8) is 0 Å². The molecule has 1 aliphatic heterocycles. The zero-order valence-electron chi connectivity index (χ0n) is 12.2. The third-order valence-corrected chi connectivity index (χ3v) is 5.27. The number of nitrogens with zero attached hydrogens (tertiary/aromatic N) is 1. The van der Waals surface area contributed by atoms with Crippen molar-refractivity contribution in [3.05, 3.63) is 65.7 Å². The Hall–Kier alpha value is -1.81. The fourth-order valence-electron chi connectivity index (χ4n) is 3.19. The van der Waals surface area contributed by atoms with Crippen LogP contribution in [0.4, 0.5) is 5.69 Å². The van der Waals surface area contributed by atoms with E-state index in [0.717, 1.165) is 23.2 Å². The second kappa shape index (κ2) is 5.19. The van der Waals surface area contributed by atoms with Crippen LogP contribution in [0, 0.1) is 0 Å². The van der Waals surface area contributed by atoms with E-state index in [-0.39, 0.29) is 6.04 Å². The molecule has 2 atom stereocenters. The number of benzene rings is 2. The lowest BCUT2D eigenvalue weighted by atomic mass is 9.86. The van der Waals surface area contributed by atoms with Crippen LogP contribution in [-0.4, -0.2) is 14.7 Å². The quantitative estimate of drug-likeness (QED) is 0.848. The van der Waals surface area contributed by atoms with Gasteiger partial charge < -0.3 is 0 Å². The van der Waals surface area contributed by atoms with Gasteiger partial charge in [0.05, 0.1) is 18.0 Å². The minimum absolute atomic E-state index is 0.133. The molecule has 2 aromatic rings. The average Bonchev–Trinajstić information content (AvgIpc) is 2.47. The van der Waals surface area contributed by atoms with Crippen LogP contribution in [0.1, 0.15) is 36.4 Å². The van der Waals surface area contributed by atoms with E-state index in [9.17, 15) is 8.42 Å². The minimum atomic E-state index is -3.33. The van der Waals surface area contributed by atoms with E-state index in [1.807, 2.05) is 54.6 Å². The lowest BCUT2D eigenvalue weighted by Gasteiger charge is -2.40. The van der Waals surface area contributed by atoms with Crippen molar-refractivity contribution in [2.45, 2.75) is 25.3 Å². The number of hydrogen-bond donors (Lipinski definition) is 0. The maximum absolute atomic E-state index is 12.4. The maximum Gasteiger partial charge on any atom is 0.232 e. The van der Waals surface area contributed by atoms with Crippen molar-refractivity contribution in [2.75, 3.05) is 10.6 Å². The molecule has 0 aliphatic carbocycles. The molecule has 0 radical (unpaired) electrons. The van der Waals surface area contributed by atoms with Crippen LogP contribution in [-0.2, 0) is 10.0 Å². The summed E-state index contributed by atoms with van der Waals surface area (Å²) >= 11 is 0. The first-order chi connectivity index (χ1) is 9.98. The molecule has 0 amide bonds. The molecular weight excluding hydrogens is 282 g/mol. The fourth-order valence-corrected chi connectivity index (χ4v) is 4.38. The van der Waals surface area contributed by atoms with E-state index in [2.05, 4.69) is 6.92 Å². The molecule has 0 N–H and O–H groups in total. The van der Waals surface area contributed by atoms with Gasteiger partial charge in [-0.1, -0.05) is 55.5 Å². The highest BCUT2D eigenvalue weighted by Gasteiger charge is 2.36. The molecule has 3 nitrogen and oxygen atoms in total. The first kappa shape index (κ1) is 14.1. The summed E-state index contributed by atoms with van der Waals surface area (Å²) in [5.41, 5.74) is 2.96. The molecule has 0 saturated carbocycles. The van der Waals surface area contributed by atoms with Gasteiger partial charge in [0.15, 0.2) is 0 Å². The number of anilines is 1. The van der Waals surface area contributed by atoms with Crippen LogP contribution >= 0.6 is 0 Å². The number of sulfonamides is 1. The third-order valence-electron chi connectivity index (χ3n) is 4.11. The highest BCUT2D eigenvalue weighted by Crippen LogP contribution is 2.45. The van der Waals surface area contributed by atoms with Gasteiger partial charge in [0.2, 0.25) is 10.0 Å². The lowest BCUT2D eigenvalue weighted by molar-refractivity contribution is 0.526. The monoisotopic (exact) mass is 301 g/mol. The molecule has 21 heavy (non-hydrogen) atoms. The van der Waals surface area contributed by atoms with Gasteiger partial charge in [-0.2, -0.15) is 0 Å². The Morgan fingerprint density at radius 2 is 1.62 bits per heavy atom. The molecule has 0 saturated heterocycles. The van der Waals surface area contributed by atoms with Crippen LogP contribution in [0.15, 0.2) is 54.6 Å². The SMILES string of the molecule is C[C@@H]1C[C@H](c2ccccc2)N(S(C)(=O)=O)c2ccccc21. The van der Waals surface area contributed by atoms with Crippen molar-refractivity contribution in [1.82, 2.24) is 0 Å². The molecule has 0 bridgehead atoms. The molecule has 0 aromatic heterocycles. The molecule has 2 aromatic carbocycles. The lowest BCUT2D eigenvalue weighted by Crippen LogP contribution is -2.38. The van der Waals surface area contributed by atoms with Gasteiger partial charge in [-0.15, -0.1) is 0 Å². The van der Waals surface area contributed by atoms with Gasteiger partial charge in [0, 0.05) is 0 Å². The van der Waals surface area contributed by atoms with Gasteiger partial charge in [0.25, 0.3) is 0 Å². The summed E-state index contributed by atoms with van der Waals surface area (Å²) in [4.78, 5) is 0. The van der Waals surface area contributed by atoms with E-state index in [1.165, 1.54) is 6.26 Å². The minimum Gasteiger partial charge on any atom is -0.263 e. The topological polar surface area (TPSA) is 37.4 Å². The normalized spacial score (nSPS) is 21.9. The average molecular weight is 301 g/mol. The van der Waals surface area contributed by atoms with Gasteiger partial charge in [0.1, 0.15) is 0 Å². The summed E-state index contributed by atoms with van der Waals surface area (Å²) in [6, 6.07) is 17.5. The standard InChI is InChI=1S/C17H19NO2S/c1-13-12-17(14-8-4-3-5-9-14)18(21(2,19)20)16-11-7-6-10-15(13)16/h3-11,13,17H,12H2,1-2H3/t13-,17-/m1/s1. The van der Waals surface area contributed by atoms with Crippen LogP contribution < -0.4 is 4.31 Å². The largest absolute Gasteiger partial charge is 0.263 e. The molecule has 4 heteroatoms. The van der Waals surface area contributed by atoms with Crippen LogP contribution in [0.25, 0.3) is 0 Å². The van der Waals surface area contributed by atoms with Gasteiger partial charge >= 0.3 is 0 Å². The number of para-hydroxylation sites is 1. The summed E-state index contributed by atoms with van der Waals surface area (Å²) in [5, 5.41) is 0. The van der Waals surface area contributed by atoms with E-state index < -0.39 is 10.0 Å². The van der Waals surface area contributed by atoms with E-state index in [4.69, 9.17) is 0 Å². The van der Waals surface area contributed by atoms with Crippen molar-refractivity contribution in [1.29, 1.82) is 0 Å². The molecule has 0 unspecified atom stereocenters. The second-order valence-electron chi connectivity index (χ2n) is 5.68.